The number of halogens is 5. The van der Waals surface area contributed by atoms with Gasteiger partial charge in [0.05, 0.1) is 28.8 Å². The summed E-state index contributed by atoms with van der Waals surface area (Å²) in [5.41, 5.74) is -0.305. The predicted octanol–water partition coefficient (Wildman–Crippen LogP) is 5.32. The average Bonchev–Trinajstić information content (AvgIpc) is 2.96. The first kappa shape index (κ1) is 22.1. The molecular formula is C16H16Cl3F2N3O2S. The second-order valence-electron chi connectivity index (χ2n) is 5.57. The van der Waals surface area contributed by atoms with E-state index < -0.39 is 18.2 Å². The Kier molecular flexibility index (Phi) is 7.64. The van der Waals surface area contributed by atoms with Gasteiger partial charge in [-0.15, -0.1) is 0 Å². The first-order valence-electron chi connectivity index (χ1n) is 7.62. The van der Waals surface area contributed by atoms with Crippen molar-refractivity contribution in [3.05, 3.63) is 44.7 Å². The van der Waals surface area contributed by atoms with Crippen LogP contribution in [-0.2, 0) is 11.9 Å². The first-order chi connectivity index (χ1) is 12.6. The molecule has 0 bridgehead atoms. The van der Waals surface area contributed by atoms with Crippen LogP contribution in [0.15, 0.2) is 18.3 Å². The smallest absolute Gasteiger partial charge is 0.282 e. The summed E-state index contributed by atoms with van der Waals surface area (Å²) in [4.78, 5) is 5.34. The van der Waals surface area contributed by atoms with E-state index in [0.29, 0.717) is 5.02 Å². The largest absolute Gasteiger partial charge is 0.488 e. The van der Waals surface area contributed by atoms with E-state index in [0.717, 1.165) is 0 Å². The number of hydrogen-bond acceptors (Lipinski definition) is 4. The summed E-state index contributed by atoms with van der Waals surface area (Å²) in [6.45, 7) is 1.81. The van der Waals surface area contributed by atoms with Crippen LogP contribution in [0.25, 0.3) is 0 Å². The van der Waals surface area contributed by atoms with E-state index in [2.05, 4.69) is 5.10 Å². The van der Waals surface area contributed by atoms with Crippen molar-refractivity contribution in [3.63, 3.8) is 0 Å². The first-order valence-corrected chi connectivity index (χ1v) is 9.16. The molecule has 0 aliphatic carbocycles. The van der Waals surface area contributed by atoms with Crippen molar-refractivity contribution < 1.29 is 18.4 Å². The summed E-state index contributed by atoms with van der Waals surface area (Å²) in [5, 5.41) is 5.91. The number of aromatic nitrogens is 2. The molecule has 2 rings (SSSR count). The number of ether oxygens (including phenoxy) is 1. The summed E-state index contributed by atoms with van der Waals surface area (Å²) >= 11 is 23.4. The van der Waals surface area contributed by atoms with Gasteiger partial charge in [-0.1, -0.05) is 47.0 Å². The third kappa shape index (κ3) is 5.20. The molecule has 0 radical (unpaired) electrons. The quantitative estimate of drug-likeness (QED) is 0.414. The van der Waals surface area contributed by atoms with Crippen LogP contribution >= 0.6 is 47.0 Å². The monoisotopic (exact) mass is 457 g/mol. The standard InChI is InChI=1S/C16H16Cl3F2N3O2S/c1-8(7-26-14-11(18)4-9(17)5-12(14)19)24(25-3)16(27)10-6-23(2)22-13(10)15(20)21/h4-6,8,15H,7H2,1-3H3. The molecule has 11 heteroatoms. The van der Waals surface area contributed by atoms with Crippen LogP contribution in [0, 0.1) is 0 Å². The second-order valence-corrected chi connectivity index (χ2v) is 7.21. The fraction of sp³-hybridized carbons (Fsp3) is 0.375. The molecule has 1 heterocycles. The molecule has 0 spiro atoms. The van der Waals surface area contributed by atoms with E-state index in [1.807, 2.05) is 0 Å². The number of rotatable bonds is 7. The molecule has 0 amide bonds. The summed E-state index contributed by atoms with van der Waals surface area (Å²) in [6.07, 6.45) is -1.35. The summed E-state index contributed by atoms with van der Waals surface area (Å²) in [6, 6.07) is 2.55. The molecule has 0 fully saturated rings. The Morgan fingerprint density at radius 1 is 1.30 bits per heavy atom. The van der Waals surface area contributed by atoms with Crippen molar-refractivity contribution in [2.75, 3.05) is 13.7 Å². The molecule has 0 aliphatic heterocycles. The number of hydroxylamine groups is 2. The van der Waals surface area contributed by atoms with Crippen LogP contribution in [0.2, 0.25) is 15.1 Å². The van der Waals surface area contributed by atoms with Crippen LogP contribution in [0.5, 0.6) is 5.75 Å². The van der Waals surface area contributed by atoms with E-state index in [9.17, 15) is 8.78 Å². The molecule has 0 aliphatic rings. The molecule has 2 aromatic rings. The molecule has 1 atom stereocenters. The highest BCUT2D eigenvalue weighted by molar-refractivity contribution is 7.80. The van der Waals surface area contributed by atoms with Crippen molar-refractivity contribution in [1.82, 2.24) is 14.8 Å². The minimum Gasteiger partial charge on any atom is -0.488 e. The maximum absolute atomic E-state index is 13.2. The highest BCUT2D eigenvalue weighted by Crippen LogP contribution is 2.36. The lowest BCUT2D eigenvalue weighted by Crippen LogP contribution is -2.40. The Morgan fingerprint density at radius 3 is 2.41 bits per heavy atom. The zero-order valence-corrected chi connectivity index (χ0v) is 17.6. The van der Waals surface area contributed by atoms with Crippen LogP contribution in [0.3, 0.4) is 0 Å². The zero-order chi connectivity index (χ0) is 20.3. The van der Waals surface area contributed by atoms with Gasteiger partial charge in [-0.3, -0.25) is 9.52 Å². The van der Waals surface area contributed by atoms with Crippen LogP contribution in [0.4, 0.5) is 8.78 Å². The van der Waals surface area contributed by atoms with Gasteiger partial charge in [-0.2, -0.15) is 5.10 Å². The SMILES string of the molecule is CON(C(=S)c1cn(C)nc1C(F)F)C(C)COc1c(Cl)cc(Cl)cc1Cl. The van der Waals surface area contributed by atoms with Gasteiger partial charge >= 0.3 is 0 Å². The Bertz CT molecular complexity index is 812. The van der Waals surface area contributed by atoms with Gasteiger partial charge in [-0.25, -0.2) is 13.8 Å². The van der Waals surface area contributed by atoms with Gasteiger partial charge in [0.2, 0.25) is 0 Å². The molecule has 148 valence electrons. The molecule has 1 unspecified atom stereocenters. The van der Waals surface area contributed by atoms with Crippen LogP contribution < -0.4 is 4.74 Å². The number of nitrogens with zero attached hydrogens (tertiary/aromatic N) is 3. The summed E-state index contributed by atoms with van der Waals surface area (Å²) in [7, 11) is 2.91. The van der Waals surface area contributed by atoms with Crippen LogP contribution in [0.1, 0.15) is 24.6 Å². The Labute approximate surface area is 175 Å². The van der Waals surface area contributed by atoms with E-state index in [-0.39, 0.29) is 33.0 Å². The Hall–Kier alpha value is -1.19. The molecule has 0 N–H and O–H groups in total. The summed E-state index contributed by atoms with van der Waals surface area (Å²) < 4.78 is 33.3. The predicted molar refractivity (Wildman–Crippen MR) is 105 cm³/mol. The van der Waals surface area contributed by atoms with Gasteiger partial charge < -0.3 is 4.74 Å². The molecule has 0 saturated carbocycles. The summed E-state index contributed by atoms with van der Waals surface area (Å²) in [5.74, 6) is 0.256. The van der Waals surface area contributed by atoms with Crippen molar-refractivity contribution in [1.29, 1.82) is 0 Å². The molecule has 0 saturated heterocycles. The molecule has 1 aromatic heterocycles. The highest BCUT2D eigenvalue weighted by atomic mass is 35.5. The minimum absolute atomic E-state index is 0.0605. The van der Waals surface area contributed by atoms with Crippen LogP contribution in [-0.4, -0.2) is 39.6 Å². The Balaban J connectivity index is 2.17. The maximum Gasteiger partial charge on any atom is 0.282 e. The lowest BCUT2D eigenvalue weighted by atomic mass is 10.2. The van der Waals surface area contributed by atoms with Crippen molar-refractivity contribution >= 4 is 52.0 Å². The van der Waals surface area contributed by atoms with E-state index in [1.54, 1.807) is 6.92 Å². The normalized spacial score (nSPS) is 12.3. The fourth-order valence-electron chi connectivity index (χ4n) is 2.35. The average molecular weight is 459 g/mol. The minimum atomic E-state index is -2.77. The van der Waals surface area contributed by atoms with Crippen molar-refractivity contribution in [2.24, 2.45) is 7.05 Å². The third-order valence-corrected chi connectivity index (χ3v) is 4.70. The fourth-order valence-corrected chi connectivity index (χ4v) is 3.69. The maximum atomic E-state index is 13.2. The molecular weight excluding hydrogens is 443 g/mol. The second kappa shape index (κ2) is 9.34. The topological polar surface area (TPSA) is 39.5 Å². The number of thiocarbonyl (C=S) groups is 1. The van der Waals surface area contributed by atoms with E-state index >= 15 is 0 Å². The van der Waals surface area contributed by atoms with Gasteiger partial charge in [0.25, 0.3) is 6.43 Å². The lowest BCUT2D eigenvalue weighted by Gasteiger charge is -2.29. The molecule has 1 aromatic carbocycles. The zero-order valence-electron chi connectivity index (χ0n) is 14.6. The van der Waals surface area contributed by atoms with Gasteiger partial charge in [0.1, 0.15) is 17.3 Å². The Morgan fingerprint density at radius 2 is 1.89 bits per heavy atom. The molecule has 5 nitrogen and oxygen atoms in total. The molecule has 27 heavy (non-hydrogen) atoms. The number of benzene rings is 1. The third-order valence-electron chi connectivity index (χ3n) is 3.52. The van der Waals surface area contributed by atoms with E-state index in [1.165, 1.54) is 42.2 Å². The van der Waals surface area contributed by atoms with E-state index in [4.69, 9.17) is 56.6 Å². The number of aryl methyl sites for hydroxylation is 1. The number of alkyl halides is 2. The highest BCUT2D eigenvalue weighted by Gasteiger charge is 2.27. The van der Waals surface area contributed by atoms with Crippen molar-refractivity contribution in [3.8, 4) is 5.75 Å². The van der Waals surface area contributed by atoms with Gasteiger partial charge in [0.15, 0.2) is 5.75 Å². The van der Waals surface area contributed by atoms with Gasteiger partial charge in [0, 0.05) is 18.3 Å². The van der Waals surface area contributed by atoms with Crippen molar-refractivity contribution in [2.45, 2.75) is 19.4 Å². The lowest BCUT2D eigenvalue weighted by molar-refractivity contribution is -0.0977. The number of hydrogen-bond donors (Lipinski definition) is 0. The van der Waals surface area contributed by atoms with Gasteiger partial charge in [-0.05, 0) is 19.1 Å².